The summed E-state index contributed by atoms with van der Waals surface area (Å²) in [5.74, 6) is 1.62. The van der Waals surface area contributed by atoms with E-state index in [1.54, 1.807) is 47.4 Å². The van der Waals surface area contributed by atoms with Crippen LogP contribution in [-0.4, -0.2) is 72.9 Å². The minimum atomic E-state index is -3.00. The first kappa shape index (κ1) is 55.7. The van der Waals surface area contributed by atoms with Gasteiger partial charge in [-0.05, 0) is 109 Å². The van der Waals surface area contributed by atoms with Crippen molar-refractivity contribution in [3.8, 4) is 22.6 Å². The Kier molecular flexibility index (Phi) is 16.9. The lowest BCUT2D eigenvalue weighted by Gasteiger charge is -2.36. The summed E-state index contributed by atoms with van der Waals surface area (Å²) in [6, 6.07) is 30.2. The number of nitro groups is 1. The molecular weight excluding hydrogens is 1040 g/mol. The molecule has 16 nitrogen and oxygen atoms in total. The number of fused-ring (bicyclic) bond motifs is 2. The molecule has 0 radical (unpaired) electrons. The van der Waals surface area contributed by atoms with Gasteiger partial charge in [-0.2, -0.15) is 10.2 Å². The van der Waals surface area contributed by atoms with E-state index in [1.807, 2.05) is 86.1 Å². The van der Waals surface area contributed by atoms with Crippen molar-refractivity contribution in [2.45, 2.75) is 95.9 Å². The van der Waals surface area contributed by atoms with Crippen LogP contribution >= 0.6 is 23.4 Å². The van der Waals surface area contributed by atoms with Crippen LogP contribution in [0.25, 0.3) is 32.8 Å². The zero-order valence-electron chi connectivity index (χ0n) is 44.7. The molecule has 0 fully saturated rings. The number of thioether (sulfide) groups is 1. The number of carbonyl (C=O) groups excluding carboxylic acids is 1. The second kappa shape index (κ2) is 23.0. The predicted molar refractivity (Wildman–Crippen MR) is 303 cm³/mol. The molecule has 0 aliphatic heterocycles. The van der Waals surface area contributed by atoms with E-state index in [-0.39, 0.29) is 23.7 Å². The zero-order chi connectivity index (χ0) is 54.8. The lowest BCUT2D eigenvalue weighted by atomic mass is 9.96. The fourth-order valence-electron chi connectivity index (χ4n) is 9.21. The Bertz CT molecular complexity index is 3500. The number of aromatic nitrogens is 5. The van der Waals surface area contributed by atoms with Crippen molar-refractivity contribution in [1.82, 2.24) is 24.1 Å². The summed E-state index contributed by atoms with van der Waals surface area (Å²) in [4.78, 5) is 26.8. The maximum Gasteiger partial charge on any atom is 0.354 e. The van der Waals surface area contributed by atoms with Crippen molar-refractivity contribution in [1.29, 1.82) is 0 Å². The number of hydrogen-bond donors (Lipinski definition) is 0. The number of ether oxygens (including phenoxy) is 3. The molecule has 0 saturated carbocycles. The van der Waals surface area contributed by atoms with Crippen molar-refractivity contribution in [3.63, 3.8) is 0 Å². The summed E-state index contributed by atoms with van der Waals surface area (Å²) < 4.78 is 56.3. The minimum absolute atomic E-state index is 0.0316. The van der Waals surface area contributed by atoms with Gasteiger partial charge in [-0.3, -0.25) is 28.0 Å². The van der Waals surface area contributed by atoms with E-state index < -0.39 is 36.2 Å². The fraction of sp³-hybridized carbons (Fsp3) is 0.339. The number of benzene rings is 5. The minimum Gasteiger partial charge on any atom is -0.755 e. The second-order valence-electron chi connectivity index (χ2n) is 20.3. The van der Waals surface area contributed by atoms with E-state index in [2.05, 4.69) is 46.0 Å². The molecule has 1 atom stereocenters. The van der Waals surface area contributed by atoms with E-state index in [0.717, 1.165) is 48.2 Å². The molecule has 0 N–H and O–H groups in total. The molecule has 0 aliphatic rings. The van der Waals surface area contributed by atoms with Crippen molar-refractivity contribution < 1.29 is 37.1 Å². The third-order valence-corrected chi connectivity index (χ3v) is 20.9. The molecule has 76 heavy (non-hydrogen) atoms. The topological polar surface area (TPSA) is 181 Å². The Morgan fingerprint density at radius 1 is 0.921 bits per heavy atom. The molecule has 8 aromatic rings. The number of esters is 1. The van der Waals surface area contributed by atoms with E-state index >= 15 is 0 Å². The van der Waals surface area contributed by atoms with E-state index in [9.17, 15) is 23.7 Å². The van der Waals surface area contributed by atoms with Crippen LogP contribution in [0.2, 0.25) is 23.2 Å². The number of nitrogens with zero attached hydrogens (tertiary/aromatic N) is 7. The normalized spacial score (nSPS) is 12.4. The number of nitro benzene ring substituents is 1. The summed E-state index contributed by atoms with van der Waals surface area (Å²) in [7, 11) is 4.54. The Balaban J connectivity index is 1.04. The van der Waals surface area contributed by atoms with Gasteiger partial charge in [0.2, 0.25) is 0 Å². The van der Waals surface area contributed by atoms with Gasteiger partial charge in [0, 0.05) is 105 Å². The number of aryl methyl sites for hydroxylation is 4. The van der Waals surface area contributed by atoms with Crippen LogP contribution in [0.5, 0.6) is 11.5 Å². The van der Waals surface area contributed by atoms with Gasteiger partial charge in [-0.15, -0.1) is 11.8 Å². The Morgan fingerprint density at radius 3 is 2.33 bits per heavy atom. The molecule has 0 saturated heterocycles. The van der Waals surface area contributed by atoms with Crippen molar-refractivity contribution in [2.75, 3.05) is 25.1 Å². The number of methoxy groups -OCH3 is 2. The first-order valence-corrected chi connectivity index (χ1v) is 30.0. The molecule has 5 aromatic carbocycles. The van der Waals surface area contributed by atoms with Gasteiger partial charge < -0.3 is 27.8 Å². The van der Waals surface area contributed by atoms with Gasteiger partial charge in [0.05, 0.1) is 37.1 Å². The maximum absolute atomic E-state index is 13.5. The van der Waals surface area contributed by atoms with Crippen LogP contribution in [0.3, 0.4) is 0 Å². The summed E-state index contributed by atoms with van der Waals surface area (Å²) >= 11 is 5.77. The average Bonchev–Trinajstić information content (AvgIpc) is 4.04. The lowest BCUT2D eigenvalue weighted by molar-refractivity contribution is -0.384. The van der Waals surface area contributed by atoms with Crippen LogP contribution in [0, 0.1) is 24.0 Å². The van der Waals surface area contributed by atoms with Gasteiger partial charge in [0.15, 0.2) is 8.32 Å². The Morgan fingerprint density at radius 2 is 1.64 bits per heavy atom. The van der Waals surface area contributed by atoms with Crippen LogP contribution in [-0.2, 0) is 66.4 Å². The molecule has 8 rings (SSSR count). The monoisotopic (exact) mass is 1100 g/mol. The van der Waals surface area contributed by atoms with Crippen LogP contribution in [0.15, 0.2) is 102 Å². The van der Waals surface area contributed by atoms with Gasteiger partial charge in [0.1, 0.15) is 29.5 Å². The number of carbonyl (C=O) groups is 1. The quantitative estimate of drug-likeness (QED) is 0.0126. The first-order chi connectivity index (χ1) is 36.1. The third-order valence-electron chi connectivity index (χ3n) is 14.4. The molecule has 0 aliphatic carbocycles. The summed E-state index contributed by atoms with van der Waals surface area (Å²) in [6.07, 6.45) is 0.873. The largest absolute Gasteiger partial charge is 0.755 e. The number of anilines is 1. The number of halogens is 1. The smallest absolute Gasteiger partial charge is 0.354 e. The molecule has 3 heterocycles. The molecule has 0 bridgehead atoms. The molecule has 1 unspecified atom stereocenters. The highest BCUT2D eigenvalue weighted by Crippen LogP contribution is 2.44. The lowest BCUT2D eigenvalue weighted by Crippen LogP contribution is -2.41. The molecule has 0 amide bonds. The second-order valence-corrected chi connectivity index (χ2v) is 27.4. The fourth-order valence-corrected chi connectivity index (χ4v) is 12.1. The molecular formula is C56H63ClN7O9S2Si-. The average molecular weight is 1110 g/mol. The van der Waals surface area contributed by atoms with Crippen molar-refractivity contribution >= 4 is 82.0 Å². The van der Waals surface area contributed by atoms with Gasteiger partial charge in [-0.1, -0.05) is 74.8 Å². The molecule has 400 valence electrons. The molecule has 3 aromatic heterocycles. The van der Waals surface area contributed by atoms with Gasteiger partial charge in [0.25, 0.3) is 5.69 Å². The predicted octanol–water partition coefficient (Wildman–Crippen LogP) is 12.6. The Hall–Kier alpha value is -6.48. The van der Waals surface area contributed by atoms with E-state index in [1.165, 1.54) is 19.2 Å². The zero-order valence-corrected chi connectivity index (χ0v) is 48.1. The number of hydrogen-bond acceptors (Lipinski definition) is 12. The van der Waals surface area contributed by atoms with Crippen molar-refractivity contribution in [2.24, 2.45) is 14.1 Å². The van der Waals surface area contributed by atoms with Crippen LogP contribution < -0.4 is 13.8 Å². The van der Waals surface area contributed by atoms with Crippen LogP contribution in [0.4, 0.5) is 11.4 Å². The standard InChI is InChI=1S/C56H64ClN7O9S2Si/c1-35-51-48(62(54(35)55(65)71-9)25-14-26-73-76(10,11)56(3,4)5)24-22-45(57)53(51)52-36(2)60(6)59-46(52)32-63(75(68)69)47-23-19-38(28-49(47)64(66)67)27-40-30-41(61(7)58-40)34-74-43-29-39-15-12-13-16-44(39)50(31-43)72-33-37-17-20-42(70-8)21-18-37/h12-13,15-24,28-31H,14,25-27,32-34H2,1-11H3,(H,68,69)/p-1. The first-order valence-electron chi connectivity index (χ1n) is 24.7. The van der Waals surface area contributed by atoms with Gasteiger partial charge in [-0.25, -0.2) is 4.79 Å². The summed E-state index contributed by atoms with van der Waals surface area (Å²) in [5, 5.41) is 25.5. The summed E-state index contributed by atoms with van der Waals surface area (Å²) in [6.45, 7) is 15.6. The molecule has 0 spiro atoms. The maximum atomic E-state index is 13.5. The highest BCUT2D eigenvalue weighted by Gasteiger charge is 2.37. The van der Waals surface area contributed by atoms with Crippen LogP contribution in [0.1, 0.15) is 77.1 Å². The van der Waals surface area contributed by atoms with E-state index in [4.69, 9.17) is 40.4 Å². The highest BCUT2D eigenvalue weighted by atomic mass is 35.5. The van der Waals surface area contributed by atoms with Crippen molar-refractivity contribution in [3.05, 3.63) is 157 Å². The third kappa shape index (κ3) is 11.7. The highest BCUT2D eigenvalue weighted by molar-refractivity contribution is 7.98. The Labute approximate surface area is 455 Å². The van der Waals surface area contributed by atoms with Gasteiger partial charge >= 0.3 is 5.97 Å². The molecule has 20 heteroatoms. The summed E-state index contributed by atoms with van der Waals surface area (Å²) in [5.41, 5.74) is 6.40. The SMILES string of the molecule is COC(=O)c1c(C)c2c(-c3c(CN(c4ccc(Cc5cc(CSc6cc(OCc7ccc(OC)cc7)c7ccccc7c6)n(C)n5)cc4[N+](=O)[O-])S(=O)[O-])nn(C)c3C)c(Cl)ccc2n1CCCO[Si](C)(C)C(C)(C)C. The number of rotatable bonds is 21. The van der Waals surface area contributed by atoms with E-state index in [0.29, 0.717) is 87.4 Å².